The Hall–Kier alpha value is -2.02. The molecule has 1 rings (SSSR count). The molecule has 0 radical (unpaired) electrons. The van der Waals surface area contributed by atoms with Gasteiger partial charge >= 0.3 is 0 Å². The van der Waals surface area contributed by atoms with Crippen molar-refractivity contribution in [1.82, 2.24) is 10.6 Å². The summed E-state index contributed by atoms with van der Waals surface area (Å²) in [4.78, 5) is 22.1. The molecule has 0 atom stereocenters. The molecular weight excluding hydrogens is 266 g/mol. The molecule has 0 fully saturated rings. The molecule has 0 unspecified atom stereocenters. The monoisotopic (exact) mass is 281 g/mol. The zero-order valence-electron chi connectivity index (χ0n) is 10.9. The van der Waals surface area contributed by atoms with Gasteiger partial charge in [-0.05, 0) is 39.1 Å². The van der Waals surface area contributed by atoms with Gasteiger partial charge in [0.15, 0.2) is 5.11 Å². The van der Waals surface area contributed by atoms with Gasteiger partial charge in [0.2, 0.25) is 0 Å². The van der Waals surface area contributed by atoms with E-state index in [0.29, 0.717) is 5.56 Å². The van der Waals surface area contributed by atoms with E-state index in [1.165, 1.54) is 18.2 Å². The van der Waals surface area contributed by atoms with Crippen LogP contribution in [0.25, 0.3) is 0 Å². The van der Waals surface area contributed by atoms with Crippen LogP contribution in [-0.2, 0) is 0 Å². The summed E-state index contributed by atoms with van der Waals surface area (Å²) in [6, 6.07) is 4.39. The average molecular weight is 281 g/mol. The Morgan fingerprint density at radius 2 is 2.05 bits per heavy atom. The van der Waals surface area contributed by atoms with Crippen molar-refractivity contribution in [3.63, 3.8) is 0 Å². The lowest BCUT2D eigenvalue weighted by Crippen LogP contribution is -2.42. The van der Waals surface area contributed by atoms with Crippen molar-refractivity contribution < 1.29 is 9.72 Å². The summed E-state index contributed by atoms with van der Waals surface area (Å²) < 4.78 is 0. The summed E-state index contributed by atoms with van der Waals surface area (Å²) in [6.45, 7) is 5.38. The van der Waals surface area contributed by atoms with E-state index in [-0.39, 0.29) is 22.4 Å². The number of nitrogens with zero attached hydrogens (tertiary/aromatic N) is 1. The number of amides is 1. The number of nitro groups is 1. The Morgan fingerprint density at radius 1 is 1.42 bits per heavy atom. The van der Waals surface area contributed by atoms with Gasteiger partial charge in [-0.2, -0.15) is 0 Å². The van der Waals surface area contributed by atoms with Gasteiger partial charge in [-0.1, -0.05) is 6.07 Å². The minimum atomic E-state index is -0.517. The maximum atomic E-state index is 11.9. The number of hydrogen-bond acceptors (Lipinski definition) is 4. The molecule has 19 heavy (non-hydrogen) atoms. The van der Waals surface area contributed by atoms with Crippen LogP contribution in [-0.4, -0.2) is 22.0 Å². The Kier molecular flexibility index (Phi) is 4.94. The molecular formula is C12H15N3O3S. The molecule has 2 N–H and O–H groups in total. The zero-order chi connectivity index (χ0) is 14.6. The smallest absolute Gasteiger partial charge is 0.273 e. The maximum absolute atomic E-state index is 11.9. The van der Waals surface area contributed by atoms with E-state index >= 15 is 0 Å². The van der Waals surface area contributed by atoms with E-state index in [1.807, 2.05) is 13.8 Å². The minimum Gasteiger partial charge on any atom is -0.360 e. The summed E-state index contributed by atoms with van der Waals surface area (Å²) in [5.74, 6) is -0.471. The number of aryl methyl sites for hydroxylation is 1. The quantitative estimate of drug-likeness (QED) is 0.502. The average Bonchev–Trinajstić information content (AvgIpc) is 2.27. The lowest BCUT2D eigenvalue weighted by atomic mass is 10.1. The summed E-state index contributed by atoms with van der Waals surface area (Å²) in [5, 5.41) is 16.3. The molecule has 0 spiro atoms. The SMILES string of the molecule is Cc1ccc(C(=O)NC(=S)NC(C)C)cc1[N+](=O)[O-]. The van der Waals surface area contributed by atoms with Crippen molar-refractivity contribution >= 4 is 28.9 Å². The Balaban J connectivity index is 2.86. The molecule has 0 heterocycles. The molecule has 0 saturated heterocycles. The van der Waals surface area contributed by atoms with Gasteiger partial charge < -0.3 is 5.32 Å². The van der Waals surface area contributed by atoms with E-state index in [0.717, 1.165) is 0 Å². The predicted octanol–water partition coefficient (Wildman–Crippen LogP) is 1.92. The Labute approximate surface area is 116 Å². The van der Waals surface area contributed by atoms with E-state index in [9.17, 15) is 14.9 Å². The third-order valence-electron chi connectivity index (χ3n) is 2.31. The number of carbonyl (C=O) groups excluding carboxylic acids is 1. The topological polar surface area (TPSA) is 84.3 Å². The molecule has 7 heteroatoms. The van der Waals surface area contributed by atoms with E-state index < -0.39 is 10.8 Å². The molecule has 0 bridgehead atoms. The predicted molar refractivity (Wildman–Crippen MR) is 76.2 cm³/mol. The molecule has 1 aromatic rings. The van der Waals surface area contributed by atoms with Crippen molar-refractivity contribution in [2.24, 2.45) is 0 Å². The molecule has 6 nitrogen and oxygen atoms in total. The van der Waals surface area contributed by atoms with Gasteiger partial charge in [-0.25, -0.2) is 0 Å². The van der Waals surface area contributed by atoms with Gasteiger partial charge in [-0.15, -0.1) is 0 Å². The number of rotatable bonds is 3. The van der Waals surface area contributed by atoms with Crippen LogP contribution >= 0.6 is 12.2 Å². The van der Waals surface area contributed by atoms with E-state index in [2.05, 4.69) is 10.6 Å². The fraction of sp³-hybridized carbons (Fsp3) is 0.333. The summed E-state index contributed by atoms with van der Waals surface area (Å²) >= 11 is 4.94. The lowest BCUT2D eigenvalue weighted by molar-refractivity contribution is -0.385. The second-order valence-electron chi connectivity index (χ2n) is 4.34. The van der Waals surface area contributed by atoms with Gasteiger partial charge in [-0.3, -0.25) is 20.2 Å². The lowest BCUT2D eigenvalue weighted by Gasteiger charge is -2.12. The Morgan fingerprint density at radius 3 is 2.58 bits per heavy atom. The van der Waals surface area contributed by atoms with Crippen LogP contribution < -0.4 is 10.6 Å². The fourth-order valence-corrected chi connectivity index (χ4v) is 1.75. The molecule has 1 aromatic carbocycles. The number of benzene rings is 1. The van der Waals surface area contributed by atoms with Crippen LogP contribution in [0.1, 0.15) is 29.8 Å². The first-order valence-electron chi connectivity index (χ1n) is 5.68. The number of thiocarbonyl (C=S) groups is 1. The summed E-state index contributed by atoms with van der Waals surface area (Å²) in [5.41, 5.74) is 0.616. The number of hydrogen-bond donors (Lipinski definition) is 2. The van der Waals surface area contributed by atoms with Gasteiger partial charge in [0, 0.05) is 23.2 Å². The molecule has 0 aliphatic heterocycles. The highest BCUT2D eigenvalue weighted by molar-refractivity contribution is 7.80. The van der Waals surface area contributed by atoms with Crippen LogP contribution in [0.2, 0.25) is 0 Å². The fourth-order valence-electron chi connectivity index (χ4n) is 1.42. The van der Waals surface area contributed by atoms with Crippen LogP contribution in [0, 0.1) is 17.0 Å². The standard InChI is InChI=1S/C12H15N3O3S/c1-7(2)13-12(19)14-11(16)9-5-4-8(3)10(6-9)15(17)18/h4-7H,1-3H3,(H2,13,14,16,19). The second kappa shape index (κ2) is 6.24. The van der Waals surface area contributed by atoms with E-state index in [1.54, 1.807) is 6.92 Å². The maximum Gasteiger partial charge on any atom is 0.273 e. The van der Waals surface area contributed by atoms with Crippen LogP contribution in [0.3, 0.4) is 0 Å². The van der Waals surface area contributed by atoms with Crippen molar-refractivity contribution in [3.05, 3.63) is 39.4 Å². The third kappa shape index (κ3) is 4.29. The molecule has 102 valence electrons. The summed E-state index contributed by atoms with van der Waals surface area (Å²) in [7, 11) is 0. The van der Waals surface area contributed by atoms with Crippen LogP contribution in [0.5, 0.6) is 0 Å². The Bertz CT molecular complexity index is 529. The van der Waals surface area contributed by atoms with Crippen molar-refractivity contribution in [3.8, 4) is 0 Å². The largest absolute Gasteiger partial charge is 0.360 e. The number of carbonyl (C=O) groups is 1. The molecule has 0 aliphatic carbocycles. The minimum absolute atomic E-state index is 0.0876. The highest BCUT2D eigenvalue weighted by atomic mass is 32.1. The normalized spacial score (nSPS) is 10.1. The summed E-state index contributed by atoms with van der Waals surface area (Å²) in [6.07, 6.45) is 0. The molecule has 0 aromatic heterocycles. The van der Waals surface area contributed by atoms with Gasteiger partial charge in [0.25, 0.3) is 11.6 Å². The first-order valence-corrected chi connectivity index (χ1v) is 6.09. The van der Waals surface area contributed by atoms with Crippen molar-refractivity contribution in [1.29, 1.82) is 0 Å². The highest BCUT2D eigenvalue weighted by Gasteiger charge is 2.15. The first kappa shape index (κ1) is 15.0. The molecule has 1 amide bonds. The van der Waals surface area contributed by atoms with Gasteiger partial charge in [0.05, 0.1) is 4.92 Å². The highest BCUT2D eigenvalue weighted by Crippen LogP contribution is 2.19. The van der Waals surface area contributed by atoms with Gasteiger partial charge in [0.1, 0.15) is 0 Å². The van der Waals surface area contributed by atoms with Crippen LogP contribution in [0.4, 0.5) is 5.69 Å². The van der Waals surface area contributed by atoms with E-state index in [4.69, 9.17) is 12.2 Å². The van der Waals surface area contributed by atoms with Crippen molar-refractivity contribution in [2.45, 2.75) is 26.8 Å². The van der Waals surface area contributed by atoms with Crippen molar-refractivity contribution in [2.75, 3.05) is 0 Å². The second-order valence-corrected chi connectivity index (χ2v) is 4.75. The van der Waals surface area contributed by atoms with Crippen LogP contribution in [0.15, 0.2) is 18.2 Å². The molecule has 0 saturated carbocycles. The number of nitro benzene ring substituents is 1. The first-order chi connectivity index (χ1) is 8.81. The zero-order valence-corrected chi connectivity index (χ0v) is 11.7. The third-order valence-corrected chi connectivity index (χ3v) is 2.53. The number of nitrogens with one attached hydrogen (secondary N) is 2. The molecule has 0 aliphatic rings.